The van der Waals surface area contributed by atoms with Crippen molar-refractivity contribution in [2.24, 2.45) is 0 Å². The Hall–Kier alpha value is -3.06. The molecule has 0 spiro atoms. The molecule has 0 fully saturated rings. The summed E-state index contributed by atoms with van der Waals surface area (Å²) in [6, 6.07) is 15.5. The van der Waals surface area contributed by atoms with E-state index in [2.05, 4.69) is 10.3 Å². The third-order valence-corrected chi connectivity index (χ3v) is 5.03. The van der Waals surface area contributed by atoms with Crippen LogP contribution in [0.25, 0.3) is 11.3 Å². The second kappa shape index (κ2) is 9.93. The molecule has 150 valence electrons. The molecule has 0 saturated carbocycles. The number of thiazole rings is 1. The lowest BCUT2D eigenvalue weighted by Crippen LogP contribution is -2.39. The van der Waals surface area contributed by atoms with Gasteiger partial charge in [0.2, 0.25) is 11.8 Å². The highest BCUT2D eigenvalue weighted by molar-refractivity contribution is 7.14. The standard InChI is InChI=1S/C22H22FN3O2S/c1-2-12-26(21(28)13-16-8-10-18(23)11-9-16)14-20(27)25-22-24-19(15-29-22)17-6-4-3-5-7-17/h3-11,15H,2,12-14H2,1H3,(H,24,25,27). The molecular formula is C22H22FN3O2S. The molecule has 0 radical (unpaired) electrons. The van der Waals surface area contributed by atoms with Crippen LogP contribution in [-0.4, -0.2) is 34.8 Å². The lowest BCUT2D eigenvalue weighted by molar-refractivity contribution is -0.134. The molecule has 0 aliphatic heterocycles. The van der Waals surface area contributed by atoms with E-state index < -0.39 is 0 Å². The van der Waals surface area contributed by atoms with Crippen molar-refractivity contribution in [2.75, 3.05) is 18.4 Å². The number of carbonyl (C=O) groups is 2. The number of hydrogen-bond acceptors (Lipinski definition) is 4. The van der Waals surface area contributed by atoms with Crippen molar-refractivity contribution in [3.63, 3.8) is 0 Å². The predicted molar refractivity (Wildman–Crippen MR) is 113 cm³/mol. The summed E-state index contributed by atoms with van der Waals surface area (Å²) in [4.78, 5) is 31.0. The van der Waals surface area contributed by atoms with E-state index >= 15 is 0 Å². The molecule has 1 heterocycles. The summed E-state index contributed by atoms with van der Waals surface area (Å²) in [6.45, 7) is 2.37. The zero-order chi connectivity index (χ0) is 20.6. The quantitative estimate of drug-likeness (QED) is 0.599. The van der Waals surface area contributed by atoms with Crippen LogP contribution in [0.15, 0.2) is 60.0 Å². The van der Waals surface area contributed by atoms with Gasteiger partial charge in [0.1, 0.15) is 5.82 Å². The number of aromatic nitrogens is 1. The van der Waals surface area contributed by atoms with Gasteiger partial charge < -0.3 is 10.2 Å². The zero-order valence-electron chi connectivity index (χ0n) is 16.1. The molecule has 1 N–H and O–H groups in total. The molecule has 0 atom stereocenters. The van der Waals surface area contributed by atoms with Crippen LogP contribution in [0.1, 0.15) is 18.9 Å². The summed E-state index contributed by atoms with van der Waals surface area (Å²) in [7, 11) is 0. The van der Waals surface area contributed by atoms with Crippen molar-refractivity contribution in [3.8, 4) is 11.3 Å². The maximum Gasteiger partial charge on any atom is 0.245 e. The van der Waals surface area contributed by atoms with Crippen molar-refractivity contribution in [1.82, 2.24) is 9.88 Å². The van der Waals surface area contributed by atoms with Gasteiger partial charge in [-0.05, 0) is 24.1 Å². The Morgan fingerprint density at radius 1 is 1.10 bits per heavy atom. The number of halogens is 1. The monoisotopic (exact) mass is 411 g/mol. The van der Waals surface area contributed by atoms with E-state index in [1.165, 1.54) is 28.4 Å². The van der Waals surface area contributed by atoms with Gasteiger partial charge in [0.15, 0.2) is 5.13 Å². The number of amides is 2. The maximum atomic E-state index is 13.0. The van der Waals surface area contributed by atoms with Crippen LogP contribution in [0.4, 0.5) is 9.52 Å². The average Bonchev–Trinajstić information content (AvgIpc) is 3.18. The minimum atomic E-state index is -0.343. The van der Waals surface area contributed by atoms with Gasteiger partial charge in [-0.3, -0.25) is 9.59 Å². The highest BCUT2D eigenvalue weighted by atomic mass is 32.1. The normalized spacial score (nSPS) is 10.6. The van der Waals surface area contributed by atoms with E-state index in [-0.39, 0.29) is 30.6 Å². The number of nitrogens with one attached hydrogen (secondary N) is 1. The molecular weight excluding hydrogens is 389 g/mol. The predicted octanol–water partition coefficient (Wildman–Crippen LogP) is 4.37. The van der Waals surface area contributed by atoms with E-state index in [9.17, 15) is 14.0 Å². The average molecular weight is 412 g/mol. The van der Waals surface area contributed by atoms with Crippen molar-refractivity contribution in [3.05, 3.63) is 71.4 Å². The summed E-state index contributed by atoms with van der Waals surface area (Å²) >= 11 is 1.34. The SMILES string of the molecule is CCCN(CC(=O)Nc1nc(-c2ccccc2)cs1)C(=O)Cc1ccc(F)cc1. The molecule has 7 heteroatoms. The summed E-state index contributed by atoms with van der Waals surface area (Å²) in [5, 5.41) is 5.15. The van der Waals surface area contributed by atoms with Crippen LogP contribution in [-0.2, 0) is 16.0 Å². The molecule has 2 amide bonds. The number of hydrogen-bond donors (Lipinski definition) is 1. The lowest BCUT2D eigenvalue weighted by Gasteiger charge is -2.21. The fourth-order valence-electron chi connectivity index (χ4n) is 2.86. The van der Waals surface area contributed by atoms with Crippen LogP contribution < -0.4 is 5.32 Å². The van der Waals surface area contributed by atoms with Crippen LogP contribution in [0.5, 0.6) is 0 Å². The van der Waals surface area contributed by atoms with Gasteiger partial charge in [-0.1, -0.05) is 49.4 Å². The first-order chi connectivity index (χ1) is 14.0. The Bertz CT molecular complexity index is 958. The second-order valence-electron chi connectivity index (χ2n) is 6.57. The molecule has 2 aromatic carbocycles. The lowest BCUT2D eigenvalue weighted by atomic mass is 10.1. The molecule has 29 heavy (non-hydrogen) atoms. The van der Waals surface area contributed by atoms with Crippen LogP contribution in [0.3, 0.4) is 0 Å². The molecule has 1 aromatic heterocycles. The van der Waals surface area contributed by atoms with Gasteiger partial charge in [-0.15, -0.1) is 11.3 Å². The third kappa shape index (κ3) is 5.96. The molecule has 0 aliphatic carbocycles. The Balaban J connectivity index is 1.60. The van der Waals surface area contributed by atoms with E-state index in [0.29, 0.717) is 17.2 Å². The van der Waals surface area contributed by atoms with Crippen molar-refractivity contribution >= 4 is 28.3 Å². The van der Waals surface area contributed by atoms with Gasteiger partial charge in [-0.2, -0.15) is 0 Å². The molecule has 0 unspecified atom stereocenters. The molecule has 0 bridgehead atoms. The number of carbonyl (C=O) groups excluding carboxylic acids is 2. The molecule has 3 rings (SSSR count). The van der Waals surface area contributed by atoms with Crippen molar-refractivity contribution in [2.45, 2.75) is 19.8 Å². The van der Waals surface area contributed by atoms with Gasteiger partial charge in [0.05, 0.1) is 18.7 Å². The first-order valence-corrected chi connectivity index (χ1v) is 10.3. The fraction of sp³-hybridized carbons (Fsp3) is 0.227. The Morgan fingerprint density at radius 3 is 2.52 bits per heavy atom. The number of rotatable bonds is 8. The number of benzene rings is 2. The van der Waals surface area contributed by atoms with E-state index in [1.54, 1.807) is 12.1 Å². The summed E-state index contributed by atoms with van der Waals surface area (Å²) in [5.74, 6) is -0.804. The third-order valence-electron chi connectivity index (χ3n) is 4.27. The van der Waals surface area contributed by atoms with E-state index in [1.807, 2.05) is 42.6 Å². The van der Waals surface area contributed by atoms with Crippen molar-refractivity contribution in [1.29, 1.82) is 0 Å². The van der Waals surface area contributed by atoms with Gasteiger partial charge in [0, 0.05) is 17.5 Å². The molecule has 0 aliphatic rings. The zero-order valence-corrected chi connectivity index (χ0v) is 16.9. The topological polar surface area (TPSA) is 62.3 Å². The van der Waals surface area contributed by atoms with Gasteiger partial charge in [0.25, 0.3) is 0 Å². The Kier molecular flexibility index (Phi) is 7.08. The highest BCUT2D eigenvalue weighted by Crippen LogP contribution is 2.24. The maximum absolute atomic E-state index is 13.0. The van der Waals surface area contributed by atoms with Crippen LogP contribution >= 0.6 is 11.3 Å². The number of anilines is 1. The van der Waals surface area contributed by atoms with E-state index in [4.69, 9.17) is 0 Å². The Labute approximate surface area is 173 Å². The second-order valence-corrected chi connectivity index (χ2v) is 7.43. The largest absolute Gasteiger partial charge is 0.333 e. The Morgan fingerprint density at radius 2 is 1.83 bits per heavy atom. The van der Waals surface area contributed by atoms with Crippen LogP contribution in [0, 0.1) is 5.82 Å². The van der Waals surface area contributed by atoms with Gasteiger partial charge >= 0.3 is 0 Å². The highest BCUT2D eigenvalue weighted by Gasteiger charge is 2.18. The van der Waals surface area contributed by atoms with Crippen molar-refractivity contribution < 1.29 is 14.0 Å². The van der Waals surface area contributed by atoms with Crippen LogP contribution in [0.2, 0.25) is 0 Å². The minimum Gasteiger partial charge on any atom is -0.333 e. The van der Waals surface area contributed by atoms with E-state index in [0.717, 1.165) is 17.7 Å². The van der Waals surface area contributed by atoms with Gasteiger partial charge in [-0.25, -0.2) is 9.37 Å². The minimum absolute atomic E-state index is 0.0475. The molecule has 0 saturated heterocycles. The summed E-state index contributed by atoms with van der Waals surface area (Å²) < 4.78 is 13.0. The first kappa shape index (κ1) is 20.7. The summed E-state index contributed by atoms with van der Waals surface area (Å²) in [5.41, 5.74) is 2.49. The smallest absolute Gasteiger partial charge is 0.245 e. The molecule has 5 nitrogen and oxygen atoms in total. The first-order valence-electron chi connectivity index (χ1n) is 9.38. The molecule has 3 aromatic rings. The number of nitrogens with zero attached hydrogens (tertiary/aromatic N) is 2. The fourth-order valence-corrected chi connectivity index (χ4v) is 3.59. The summed E-state index contributed by atoms with van der Waals surface area (Å²) in [6.07, 6.45) is 0.862.